The molecule has 2 bridgehead atoms. The molecule has 1 saturated heterocycles. The summed E-state index contributed by atoms with van der Waals surface area (Å²) in [6.07, 6.45) is 3.67. The monoisotopic (exact) mass is 255 g/mol. The lowest BCUT2D eigenvalue weighted by Gasteiger charge is -2.54. The molecule has 2 fully saturated rings. The number of ketones is 1. The molecular formula is C16H17NO2. The minimum absolute atomic E-state index is 0.00454. The summed E-state index contributed by atoms with van der Waals surface area (Å²) in [5, 5.41) is 3.68. The van der Waals surface area contributed by atoms with Crippen molar-refractivity contribution in [3.63, 3.8) is 0 Å². The van der Waals surface area contributed by atoms with E-state index in [1.807, 2.05) is 0 Å². The second-order valence-electron chi connectivity index (χ2n) is 6.45. The number of carbonyl (C=O) groups is 1. The van der Waals surface area contributed by atoms with E-state index in [0.717, 1.165) is 31.6 Å². The zero-order chi connectivity index (χ0) is 12.6. The first kappa shape index (κ1) is 10.4. The van der Waals surface area contributed by atoms with Crippen LogP contribution >= 0.6 is 0 Å². The summed E-state index contributed by atoms with van der Waals surface area (Å²) in [6, 6.07) is 6.89. The van der Waals surface area contributed by atoms with Gasteiger partial charge in [0.05, 0.1) is 0 Å². The second-order valence-corrected chi connectivity index (χ2v) is 6.45. The molecule has 1 N–H and O–H groups in total. The van der Waals surface area contributed by atoms with Gasteiger partial charge < -0.3 is 10.1 Å². The SMILES string of the molecule is O=C1CC[C@H]2[C@H]3Cc4cccc5c4[C@@]2(CCN3)C1O5. The van der Waals surface area contributed by atoms with Crippen LogP contribution in [0.1, 0.15) is 30.4 Å². The number of carbonyl (C=O) groups excluding carboxylic acids is 1. The largest absolute Gasteiger partial charge is 0.481 e. The highest BCUT2D eigenvalue weighted by Gasteiger charge is 2.63. The van der Waals surface area contributed by atoms with E-state index in [1.165, 1.54) is 11.1 Å². The number of hydrogen-bond acceptors (Lipinski definition) is 3. The van der Waals surface area contributed by atoms with Gasteiger partial charge in [0.2, 0.25) is 0 Å². The summed E-state index contributed by atoms with van der Waals surface area (Å²) in [6.45, 7) is 1.02. The molecule has 5 rings (SSSR count). The van der Waals surface area contributed by atoms with Crippen LogP contribution in [-0.4, -0.2) is 24.5 Å². The van der Waals surface area contributed by atoms with E-state index in [0.29, 0.717) is 24.2 Å². The molecule has 1 aromatic rings. The van der Waals surface area contributed by atoms with Crippen LogP contribution in [0.15, 0.2) is 18.2 Å². The summed E-state index contributed by atoms with van der Waals surface area (Å²) in [7, 11) is 0. The molecule has 2 aliphatic heterocycles. The first-order chi connectivity index (χ1) is 9.30. The fourth-order valence-electron chi connectivity index (χ4n) is 5.22. The van der Waals surface area contributed by atoms with Gasteiger partial charge in [0.15, 0.2) is 11.9 Å². The standard InChI is InChI=1S/C16H17NO2/c18-12-5-4-10-11-8-9-2-1-3-13-14(9)16(10,6-7-17-11)15(12)19-13/h1-3,10-11,15,17H,4-8H2/t10-,11+,15?,16-/m0/s1. The highest BCUT2D eigenvalue weighted by molar-refractivity contribution is 5.88. The Hall–Kier alpha value is -1.35. The van der Waals surface area contributed by atoms with Crippen LogP contribution in [0, 0.1) is 5.92 Å². The molecule has 98 valence electrons. The number of piperidine rings is 1. The van der Waals surface area contributed by atoms with E-state index in [9.17, 15) is 4.79 Å². The van der Waals surface area contributed by atoms with Crippen molar-refractivity contribution in [2.45, 2.75) is 43.2 Å². The van der Waals surface area contributed by atoms with Crippen molar-refractivity contribution in [2.24, 2.45) is 5.92 Å². The van der Waals surface area contributed by atoms with Crippen LogP contribution in [0.3, 0.4) is 0 Å². The number of benzene rings is 1. The van der Waals surface area contributed by atoms with E-state index in [1.54, 1.807) is 0 Å². The molecule has 3 nitrogen and oxygen atoms in total. The molecule has 0 radical (unpaired) electrons. The van der Waals surface area contributed by atoms with Gasteiger partial charge >= 0.3 is 0 Å². The number of Topliss-reactive ketones (excluding diaryl/α,β-unsaturated/α-hetero) is 1. The molecule has 3 heteroatoms. The average molecular weight is 255 g/mol. The van der Waals surface area contributed by atoms with E-state index >= 15 is 0 Å². The maximum absolute atomic E-state index is 12.4. The number of rotatable bonds is 0. The molecule has 2 heterocycles. The molecule has 1 spiro atoms. The van der Waals surface area contributed by atoms with Gasteiger partial charge in [-0.25, -0.2) is 0 Å². The summed E-state index contributed by atoms with van der Waals surface area (Å²) in [5.41, 5.74) is 2.79. The Labute approximate surface area is 112 Å². The van der Waals surface area contributed by atoms with Gasteiger partial charge in [0.25, 0.3) is 0 Å². The zero-order valence-corrected chi connectivity index (χ0v) is 10.8. The lowest BCUT2D eigenvalue weighted by Crippen LogP contribution is -2.65. The van der Waals surface area contributed by atoms with Gasteiger partial charge in [-0.1, -0.05) is 12.1 Å². The Morgan fingerprint density at radius 1 is 1.37 bits per heavy atom. The van der Waals surface area contributed by atoms with Crippen molar-refractivity contribution in [1.29, 1.82) is 0 Å². The van der Waals surface area contributed by atoms with Crippen LogP contribution in [-0.2, 0) is 16.6 Å². The lowest BCUT2D eigenvalue weighted by atomic mass is 9.52. The van der Waals surface area contributed by atoms with Crippen molar-refractivity contribution in [3.8, 4) is 5.75 Å². The molecule has 1 aromatic carbocycles. The smallest absolute Gasteiger partial charge is 0.174 e. The first-order valence-electron chi connectivity index (χ1n) is 7.36. The van der Waals surface area contributed by atoms with Crippen LogP contribution < -0.4 is 10.1 Å². The minimum atomic E-state index is -0.202. The summed E-state index contributed by atoms with van der Waals surface area (Å²) >= 11 is 0. The normalized spacial score (nSPS) is 41.7. The Morgan fingerprint density at radius 3 is 3.26 bits per heavy atom. The van der Waals surface area contributed by atoms with Crippen LogP contribution in [0.25, 0.3) is 0 Å². The molecule has 4 atom stereocenters. The topological polar surface area (TPSA) is 38.3 Å². The fourth-order valence-corrected chi connectivity index (χ4v) is 5.22. The van der Waals surface area contributed by atoms with Crippen LogP contribution in [0.2, 0.25) is 0 Å². The van der Waals surface area contributed by atoms with Gasteiger partial charge in [-0.05, 0) is 43.4 Å². The summed E-state index contributed by atoms with van der Waals surface area (Å²) in [4.78, 5) is 12.4. The zero-order valence-electron chi connectivity index (χ0n) is 10.8. The lowest BCUT2D eigenvalue weighted by molar-refractivity contribution is -0.135. The molecule has 1 saturated carbocycles. The second kappa shape index (κ2) is 3.21. The molecular weight excluding hydrogens is 238 g/mol. The maximum atomic E-state index is 12.4. The van der Waals surface area contributed by atoms with Crippen molar-refractivity contribution >= 4 is 5.78 Å². The summed E-state index contributed by atoms with van der Waals surface area (Å²) in [5.74, 6) is 1.89. The quantitative estimate of drug-likeness (QED) is 0.765. The minimum Gasteiger partial charge on any atom is -0.481 e. The van der Waals surface area contributed by atoms with Gasteiger partial charge in [0, 0.05) is 23.4 Å². The van der Waals surface area contributed by atoms with Crippen molar-refractivity contribution < 1.29 is 9.53 Å². The van der Waals surface area contributed by atoms with Crippen LogP contribution in [0.5, 0.6) is 5.75 Å². The molecule has 1 unspecified atom stereocenters. The molecule has 4 aliphatic rings. The third-order valence-corrected chi connectivity index (χ3v) is 5.82. The van der Waals surface area contributed by atoms with Gasteiger partial charge in [-0.3, -0.25) is 4.79 Å². The predicted molar refractivity (Wildman–Crippen MR) is 70.4 cm³/mol. The Balaban J connectivity index is 1.84. The molecule has 2 aliphatic carbocycles. The number of hydrogen-bond donors (Lipinski definition) is 1. The van der Waals surface area contributed by atoms with E-state index in [2.05, 4.69) is 23.5 Å². The van der Waals surface area contributed by atoms with Crippen LogP contribution in [0.4, 0.5) is 0 Å². The van der Waals surface area contributed by atoms with E-state index in [4.69, 9.17) is 4.74 Å². The Kier molecular flexibility index (Phi) is 1.76. The Morgan fingerprint density at radius 2 is 2.32 bits per heavy atom. The molecule has 0 aromatic heterocycles. The number of nitrogens with one attached hydrogen (secondary N) is 1. The highest BCUT2D eigenvalue weighted by atomic mass is 16.5. The van der Waals surface area contributed by atoms with Crippen molar-refractivity contribution in [2.75, 3.05) is 6.54 Å². The summed E-state index contributed by atoms with van der Waals surface area (Å²) < 4.78 is 6.11. The highest BCUT2D eigenvalue weighted by Crippen LogP contribution is 2.59. The maximum Gasteiger partial charge on any atom is 0.174 e. The third-order valence-electron chi connectivity index (χ3n) is 5.82. The fraction of sp³-hybridized carbons (Fsp3) is 0.562. The third kappa shape index (κ3) is 1.04. The van der Waals surface area contributed by atoms with Gasteiger partial charge in [0.1, 0.15) is 5.75 Å². The molecule has 19 heavy (non-hydrogen) atoms. The van der Waals surface area contributed by atoms with E-state index in [-0.39, 0.29) is 11.5 Å². The van der Waals surface area contributed by atoms with E-state index < -0.39 is 0 Å². The Bertz CT molecular complexity index is 596. The van der Waals surface area contributed by atoms with Gasteiger partial charge in [-0.2, -0.15) is 0 Å². The van der Waals surface area contributed by atoms with Crippen molar-refractivity contribution in [1.82, 2.24) is 5.32 Å². The predicted octanol–water partition coefficient (Wildman–Crippen LogP) is 1.58. The average Bonchev–Trinajstić information content (AvgIpc) is 2.74. The van der Waals surface area contributed by atoms with Gasteiger partial charge in [-0.15, -0.1) is 0 Å². The number of ether oxygens (including phenoxy) is 1. The first-order valence-corrected chi connectivity index (χ1v) is 7.36. The van der Waals surface area contributed by atoms with Crippen molar-refractivity contribution in [3.05, 3.63) is 29.3 Å². The molecule has 0 amide bonds.